The highest BCUT2D eigenvalue weighted by Gasteiger charge is 2.19. The standard InChI is InChI=1S/C8H11F2NO2S/c1-13-5-11-14(12)8-4-6(9)2-3-7(8)10/h3-4,6,11H,2,5H2,1H3/t6-,14?/m0/s1. The Balaban J connectivity index is 2.65. The van der Waals surface area contributed by atoms with Gasteiger partial charge in [0, 0.05) is 13.5 Å². The molecule has 1 unspecified atom stereocenters. The Morgan fingerprint density at radius 1 is 1.79 bits per heavy atom. The van der Waals surface area contributed by atoms with Crippen molar-refractivity contribution in [2.24, 2.45) is 0 Å². The maximum absolute atomic E-state index is 13.1. The lowest BCUT2D eigenvalue weighted by molar-refractivity contribution is 0.196. The van der Waals surface area contributed by atoms with Gasteiger partial charge >= 0.3 is 0 Å². The van der Waals surface area contributed by atoms with E-state index in [0.717, 1.165) is 12.2 Å². The molecule has 0 radical (unpaired) electrons. The molecule has 0 spiro atoms. The minimum Gasteiger partial charge on any atom is -0.369 e. The van der Waals surface area contributed by atoms with Crippen molar-refractivity contribution in [2.75, 3.05) is 13.8 Å². The fourth-order valence-electron chi connectivity index (χ4n) is 0.969. The molecule has 1 aliphatic rings. The molecule has 0 aromatic carbocycles. The van der Waals surface area contributed by atoms with Crippen molar-refractivity contribution in [3.05, 3.63) is 22.9 Å². The van der Waals surface area contributed by atoms with Crippen LogP contribution in [0.15, 0.2) is 22.9 Å². The molecule has 14 heavy (non-hydrogen) atoms. The molecule has 0 saturated heterocycles. The zero-order chi connectivity index (χ0) is 10.6. The second-order valence-electron chi connectivity index (χ2n) is 2.68. The summed E-state index contributed by atoms with van der Waals surface area (Å²) in [4.78, 5) is -0.152. The molecule has 0 amide bonds. The van der Waals surface area contributed by atoms with Crippen molar-refractivity contribution < 1.29 is 17.7 Å². The number of allylic oxidation sites excluding steroid dienone is 3. The first-order chi connectivity index (χ1) is 6.65. The minimum atomic E-state index is -1.75. The summed E-state index contributed by atoms with van der Waals surface area (Å²) in [6, 6.07) is 0. The Hall–Kier alpha value is -0.590. The summed E-state index contributed by atoms with van der Waals surface area (Å²) < 4.78 is 44.2. The molecule has 1 rings (SSSR count). The van der Waals surface area contributed by atoms with Crippen LogP contribution in [0.3, 0.4) is 0 Å². The lowest BCUT2D eigenvalue weighted by Gasteiger charge is -2.12. The number of hydrogen-bond acceptors (Lipinski definition) is 2. The van der Waals surface area contributed by atoms with Gasteiger partial charge in [-0.3, -0.25) is 0 Å². The number of halogens is 2. The van der Waals surface area contributed by atoms with Gasteiger partial charge in [-0.2, -0.15) is 0 Å². The molecule has 0 bridgehead atoms. The summed E-state index contributed by atoms with van der Waals surface area (Å²) in [5, 5.41) is 0. The Bertz CT molecular complexity index is 291. The zero-order valence-electron chi connectivity index (χ0n) is 7.63. The SMILES string of the molecule is COCNS(=O)C1=C[C@@H](F)CC=C1F. The lowest BCUT2D eigenvalue weighted by Crippen LogP contribution is -2.22. The third kappa shape index (κ3) is 2.97. The molecule has 1 N–H and O–H groups in total. The molecule has 0 aliphatic heterocycles. The van der Waals surface area contributed by atoms with Crippen LogP contribution in [-0.2, 0) is 15.7 Å². The zero-order valence-corrected chi connectivity index (χ0v) is 8.44. The molecule has 80 valence electrons. The molecule has 6 heteroatoms. The maximum Gasteiger partial charge on any atom is 0.136 e. The van der Waals surface area contributed by atoms with Gasteiger partial charge in [-0.1, -0.05) is 0 Å². The van der Waals surface area contributed by atoms with Crippen molar-refractivity contribution in [1.82, 2.24) is 4.72 Å². The number of rotatable bonds is 4. The summed E-state index contributed by atoms with van der Waals surface area (Å²) in [7, 11) is -0.348. The van der Waals surface area contributed by atoms with Crippen LogP contribution in [0.4, 0.5) is 8.78 Å². The second kappa shape index (κ2) is 5.33. The first kappa shape index (κ1) is 11.5. The highest BCUT2D eigenvalue weighted by atomic mass is 32.2. The molecule has 2 atom stereocenters. The number of nitrogens with one attached hydrogen (secondary N) is 1. The largest absolute Gasteiger partial charge is 0.369 e. The molecule has 0 aromatic heterocycles. The van der Waals surface area contributed by atoms with Crippen LogP contribution in [0.2, 0.25) is 0 Å². The van der Waals surface area contributed by atoms with Crippen molar-refractivity contribution >= 4 is 11.0 Å². The lowest BCUT2D eigenvalue weighted by atomic mass is 10.1. The summed E-state index contributed by atoms with van der Waals surface area (Å²) in [6.45, 7) is 0.0220. The number of ether oxygens (including phenoxy) is 1. The fourth-order valence-corrected chi connectivity index (χ4v) is 1.88. The van der Waals surface area contributed by atoms with E-state index >= 15 is 0 Å². The molecule has 3 nitrogen and oxygen atoms in total. The highest BCUT2D eigenvalue weighted by Crippen LogP contribution is 2.23. The first-order valence-corrected chi connectivity index (χ1v) is 5.16. The molecule has 1 aliphatic carbocycles. The van der Waals surface area contributed by atoms with Crippen molar-refractivity contribution in [2.45, 2.75) is 12.6 Å². The Labute approximate surface area is 83.4 Å². The minimum absolute atomic E-state index is 0.00316. The Morgan fingerprint density at radius 3 is 3.14 bits per heavy atom. The smallest absolute Gasteiger partial charge is 0.136 e. The quantitative estimate of drug-likeness (QED) is 0.730. The van der Waals surface area contributed by atoms with Gasteiger partial charge < -0.3 is 4.74 Å². The van der Waals surface area contributed by atoms with Gasteiger partial charge in [-0.25, -0.2) is 17.7 Å². The predicted molar refractivity (Wildman–Crippen MR) is 49.9 cm³/mol. The van der Waals surface area contributed by atoms with E-state index < -0.39 is 23.0 Å². The monoisotopic (exact) mass is 223 g/mol. The number of hydrogen-bond donors (Lipinski definition) is 1. The molecule has 0 saturated carbocycles. The van der Waals surface area contributed by atoms with E-state index in [1.54, 1.807) is 0 Å². The van der Waals surface area contributed by atoms with Gasteiger partial charge in [-0.05, 0) is 12.2 Å². The van der Waals surface area contributed by atoms with Crippen LogP contribution >= 0.6 is 0 Å². The maximum atomic E-state index is 13.1. The third-order valence-electron chi connectivity index (χ3n) is 1.62. The normalized spacial score (nSPS) is 24.1. The first-order valence-electron chi connectivity index (χ1n) is 4.01. The second-order valence-corrected chi connectivity index (χ2v) is 3.95. The average Bonchev–Trinajstić information content (AvgIpc) is 2.18. The summed E-state index contributed by atoms with van der Waals surface area (Å²) in [6.07, 6.45) is 0.843. The van der Waals surface area contributed by atoms with Crippen molar-refractivity contribution in [1.29, 1.82) is 0 Å². The van der Waals surface area contributed by atoms with Gasteiger partial charge in [0.1, 0.15) is 29.7 Å². The van der Waals surface area contributed by atoms with Crippen molar-refractivity contribution in [3.63, 3.8) is 0 Å². The molecule has 0 aromatic rings. The fraction of sp³-hybridized carbons (Fsp3) is 0.500. The molecular formula is C8H11F2NO2S. The van der Waals surface area contributed by atoms with E-state index in [9.17, 15) is 13.0 Å². The van der Waals surface area contributed by atoms with Gasteiger partial charge in [-0.15, -0.1) is 0 Å². The Morgan fingerprint density at radius 2 is 2.50 bits per heavy atom. The van der Waals surface area contributed by atoms with E-state index in [1.165, 1.54) is 7.11 Å². The summed E-state index contributed by atoms with van der Waals surface area (Å²) in [5.41, 5.74) is 0. The van der Waals surface area contributed by atoms with Gasteiger partial charge in [0.25, 0.3) is 0 Å². The predicted octanol–water partition coefficient (Wildman–Crippen LogP) is 1.32. The summed E-state index contributed by atoms with van der Waals surface area (Å²) >= 11 is 0. The van der Waals surface area contributed by atoms with E-state index in [0.29, 0.717) is 0 Å². The van der Waals surface area contributed by atoms with E-state index in [4.69, 9.17) is 0 Å². The van der Waals surface area contributed by atoms with Gasteiger partial charge in [0.15, 0.2) is 0 Å². The van der Waals surface area contributed by atoms with Gasteiger partial charge in [0.2, 0.25) is 0 Å². The van der Waals surface area contributed by atoms with Crippen LogP contribution in [0.1, 0.15) is 6.42 Å². The van der Waals surface area contributed by atoms with Gasteiger partial charge in [0.05, 0.1) is 4.91 Å². The van der Waals surface area contributed by atoms with Crippen LogP contribution in [0.25, 0.3) is 0 Å². The van der Waals surface area contributed by atoms with Crippen LogP contribution in [0.5, 0.6) is 0 Å². The molecule has 0 fully saturated rings. The Kier molecular flexibility index (Phi) is 4.37. The van der Waals surface area contributed by atoms with Crippen molar-refractivity contribution in [3.8, 4) is 0 Å². The van der Waals surface area contributed by atoms with E-state index in [2.05, 4.69) is 9.46 Å². The molecular weight excluding hydrogens is 212 g/mol. The highest BCUT2D eigenvalue weighted by molar-refractivity contribution is 7.87. The number of alkyl halides is 1. The third-order valence-corrected chi connectivity index (χ3v) is 2.73. The van der Waals surface area contributed by atoms with E-state index in [1.807, 2.05) is 0 Å². The topological polar surface area (TPSA) is 38.3 Å². The summed E-state index contributed by atoms with van der Waals surface area (Å²) in [5.74, 6) is -0.638. The molecule has 0 heterocycles. The van der Waals surface area contributed by atoms with Crippen LogP contribution in [-0.4, -0.2) is 24.2 Å². The number of methoxy groups -OCH3 is 1. The average molecular weight is 223 g/mol. The van der Waals surface area contributed by atoms with Crippen LogP contribution < -0.4 is 4.72 Å². The van der Waals surface area contributed by atoms with Crippen LogP contribution in [0, 0.1) is 0 Å². The van der Waals surface area contributed by atoms with E-state index in [-0.39, 0.29) is 18.1 Å².